The van der Waals surface area contributed by atoms with Crippen molar-refractivity contribution in [2.45, 2.75) is 37.3 Å². The van der Waals surface area contributed by atoms with E-state index >= 15 is 0 Å². The van der Waals surface area contributed by atoms with Crippen LogP contribution in [0.3, 0.4) is 0 Å². The van der Waals surface area contributed by atoms with E-state index in [2.05, 4.69) is 7.05 Å². The molecule has 7 nitrogen and oxygen atoms in total. The Balaban J connectivity index is 1.67. The number of fused-ring (bicyclic) bond motifs is 3. The van der Waals surface area contributed by atoms with E-state index in [0.717, 1.165) is 35.3 Å². The summed E-state index contributed by atoms with van der Waals surface area (Å²) in [5.74, 6) is 0.605. The first-order chi connectivity index (χ1) is 13.5. The summed E-state index contributed by atoms with van der Waals surface area (Å²) in [6.07, 6.45) is 0.928. The number of thioether (sulfide) groups is 1. The number of hydrogen-bond donors (Lipinski definition) is 1. The molecular weight excluding hydrogens is 396 g/mol. The van der Waals surface area contributed by atoms with Crippen molar-refractivity contribution < 1.29 is 9.82 Å². The van der Waals surface area contributed by atoms with Crippen LogP contribution in [0.2, 0.25) is 0 Å². The number of likely N-dealkylation sites (N-methyl/N-ethyl adjacent to an activating group) is 1. The van der Waals surface area contributed by atoms with E-state index in [1.807, 2.05) is 6.92 Å². The molecule has 1 aliphatic rings. The van der Waals surface area contributed by atoms with Crippen LogP contribution in [-0.2, 0) is 25.3 Å². The van der Waals surface area contributed by atoms with Crippen molar-refractivity contribution >= 4 is 39.0 Å². The van der Waals surface area contributed by atoms with E-state index in [-0.39, 0.29) is 11.2 Å². The standard InChI is InChI=1S/C19H20N4O3S2/c1-3-22-18(24)16-14-8-9-21(2)10-15(14)28-17(16)20-19(22)27-11-12-4-6-13(7-5-12)23(25)26/h4-7H,3,8-11H2,1-2H3/p+1. The van der Waals surface area contributed by atoms with Gasteiger partial charge in [-0.25, -0.2) is 4.98 Å². The smallest absolute Gasteiger partial charge is 0.269 e. The van der Waals surface area contributed by atoms with Gasteiger partial charge in [-0.3, -0.25) is 19.5 Å². The summed E-state index contributed by atoms with van der Waals surface area (Å²) in [6.45, 7) is 4.52. The maximum atomic E-state index is 13.2. The Morgan fingerprint density at radius 3 is 2.79 bits per heavy atom. The summed E-state index contributed by atoms with van der Waals surface area (Å²) in [4.78, 5) is 31.9. The highest BCUT2D eigenvalue weighted by Crippen LogP contribution is 2.31. The number of thiophene rings is 1. The fourth-order valence-corrected chi connectivity index (χ4v) is 5.92. The highest BCUT2D eigenvalue weighted by Gasteiger charge is 2.25. The number of nitrogens with one attached hydrogen (secondary N) is 1. The van der Waals surface area contributed by atoms with Crippen LogP contribution in [0.1, 0.15) is 22.9 Å². The molecule has 1 N–H and O–H groups in total. The van der Waals surface area contributed by atoms with Crippen molar-refractivity contribution in [3.63, 3.8) is 0 Å². The molecule has 9 heteroatoms. The lowest BCUT2D eigenvalue weighted by Gasteiger charge is -2.19. The molecule has 4 rings (SSSR count). The van der Waals surface area contributed by atoms with Crippen LogP contribution in [0.4, 0.5) is 5.69 Å². The zero-order valence-corrected chi connectivity index (χ0v) is 17.4. The van der Waals surface area contributed by atoms with Crippen molar-refractivity contribution in [1.82, 2.24) is 9.55 Å². The normalized spacial score (nSPS) is 16.3. The van der Waals surface area contributed by atoms with Gasteiger partial charge in [-0.1, -0.05) is 23.9 Å². The largest absolute Gasteiger partial charge is 0.333 e. The molecule has 3 aromatic rings. The topological polar surface area (TPSA) is 82.5 Å². The number of non-ortho nitro benzene ring substituents is 1. The number of hydrogen-bond acceptors (Lipinski definition) is 6. The quantitative estimate of drug-likeness (QED) is 0.298. The molecule has 1 aliphatic heterocycles. The molecule has 0 spiro atoms. The van der Waals surface area contributed by atoms with Crippen LogP contribution in [0, 0.1) is 10.1 Å². The molecule has 0 saturated heterocycles. The molecule has 2 aromatic heterocycles. The number of nitro benzene ring substituents is 1. The first kappa shape index (κ1) is 19.1. The lowest BCUT2D eigenvalue weighted by molar-refractivity contribution is -0.895. The Kier molecular flexibility index (Phi) is 5.22. The second kappa shape index (κ2) is 7.65. The van der Waals surface area contributed by atoms with Crippen molar-refractivity contribution in [2.24, 2.45) is 0 Å². The molecule has 0 radical (unpaired) electrons. The number of benzene rings is 1. The maximum Gasteiger partial charge on any atom is 0.269 e. The monoisotopic (exact) mass is 417 g/mol. The van der Waals surface area contributed by atoms with Crippen molar-refractivity contribution in [3.8, 4) is 0 Å². The first-order valence-electron chi connectivity index (χ1n) is 9.20. The summed E-state index contributed by atoms with van der Waals surface area (Å²) in [6, 6.07) is 6.51. The number of rotatable bonds is 5. The van der Waals surface area contributed by atoms with Gasteiger partial charge in [0, 0.05) is 30.9 Å². The fourth-order valence-electron chi connectivity index (χ4n) is 3.53. The molecule has 1 aromatic carbocycles. The van der Waals surface area contributed by atoms with Gasteiger partial charge < -0.3 is 4.90 Å². The van der Waals surface area contributed by atoms with E-state index in [1.54, 1.807) is 28.0 Å². The zero-order valence-electron chi connectivity index (χ0n) is 15.7. The fraction of sp³-hybridized carbons (Fsp3) is 0.368. The molecule has 0 amide bonds. The van der Waals surface area contributed by atoms with Crippen LogP contribution in [0.15, 0.2) is 34.2 Å². The van der Waals surface area contributed by atoms with E-state index in [4.69, 9.17) is 4.98 Å². The SMILES string of the molecule is CCn1c(SCc2ccc([N+](=O)[O-])cc2)nc2sc3c(c2c1=O)CC[NH+](C)C3. The van der Waals surface area contributed by atoms with Crippen LogP contribution in [-0.4, -0.2) is 28.1 Å². The zero-order chi connectivity index (χ0) is 19.8. The predicted molar refractivity (Wildman–Crippen MR) is 111 cm³/mol. The Morgan fingerprint density at radius 1 is 1.36 bits per heavy atom. The van der Waals surface area contributed by atoms with Gasteiger partial charge in [0.1, 0.15) is 11.4 Å². The third-order valence-electron chi connectivity index (χ3n) is 5.05. The van der Waals surface area contributed by atoms with E-state index in [9.17, 15) is 14.9 Å². The minimum absolute atomic E-state index is 0.0516. The Labute approximate surface area is 170 Å². The highest BCUT2D eigenvalue weighted by atomic mass is 32.2. The molecule has 0 bridgehead atoms. The molecule has 3 heterocycles. The average Bonchev–Trinajstić information content (AvgIpc) is 3.04. The van der Waals surface area contributed by atoms with Crippen LogP contribution in [0.25, 0.3) is 10.2 Å². The number of aromatic nitrogens is 2. The van der Waals surface area contributed by atoms with Crippen LogP contribution < -0.4 is 10.5 Å². The second-order valence-corrected chi connectivity index (χ2v) is 9.00. The predicted octanol–water partition coefficient (Wildman–Crippen LogP) is 2.25. The number of nitro groups is 1. The minimum atomic E-state index is -0.404. The summed E-state index contributed by atoms with van der Waals surface area (Å²) in [7, 11) is 2.18. The van der Waals surface area contributed by atoms with E-state index in [1.165, 1.54) is 39.2 Å². The molecular formula is C19H21N4O3S2+. The summed E-state index contributed by atoms with van der Waals surface area (Å²) >= 11 is 3.14. The van der Waals surface area contributed by atoms with Crippen molar-refractivity contribution in [2.75, 3.05) is 13.6 Å². The van der Waals surface area contributed by atoms with Gasteiger partial charge in [-0.15, -0.1) is 11.3 Å². The van der Waals surface area contributed by atoms with Gasteiger partial charge in [0.25, 0.3) is 11.2 Å². The molecule has 0 fully saturated rings. The number of quaternary nitrogens is 1. The second-order valence-electron chi connectivity index (χ2n) is 6.97. The van der Waals surface area contributed by atoms with Crippen LogP contribution in [0.5, 0.6) is 0 Å². The summed E-state index contributed by atoms with van der Waals surface area (Å²) in [5.41, 5.74) is 2.28. The maximum absolute atomic E-state index is 13.2. The minimum Gasteiger partial charge on any atom is -0.333 e. The summed E-state index contributed by atoms with van der Waals surface area (Å²) < 4.78 is 1.75. The Hall–Kier alpha value is -2.23. The Bertz CT molecular complexity index is 1110. The first-order valence-corrected chi connectivity index (χ1v) is 11.0. The van der Waals surface area contributed by atoms with Gasteiger partial charge in [0.2, 0.25) is 0 Å². The molecule has 1 unspecified atom stereocenters. The van der Waals surface area contributed by atoms with Crippen LogP contribution >= 0.6 is 23.1 Å². The highest BCUT2D eigenvalue weighted by molar-refractivity contribution is 7.98. The lowest BCUT2D eigenvalue weighted by atomic mass is 10.1. The van der Waals surface area contributed by atoms with Gasteiger partial charge in [0.15, 0.2) is 5.16 Å². The average molecular weight is 418 g/mol. The molecule has 0 saturated carbocycles. The molecule has 146 valence electrons. The third-order valence-corrected chi connectivity index (χ3v) is 7.23. The number of nitrogens with zero attached hydrogens (tertiary/aromatic N) is 3. The lowest BCUT2D eigenvalue weighted by Crippen LogP contribution is -3.08. The van der Waals surface area contributed by atoms with Crippen molar-refractivity contribution in [1.29, 1.82) is 0 Å². The van der Waals surface area contributed by atoms with Gasteiger partial charge in [-0.05, 0) is 18.1 Å². The van der Waals surface area contributed by atoms with E-state index < -0.39 is 4.92 Å². The van der Waals surface area contributed by atoms with Gasteiger partial charge in [-0.2, -0.15) is 0 Å². The molecule has 0 aliphatic carbocycles. The van der Waals surface area contributed by atoms with Gasteiger partial charge >= 0.3 is 0 Å². The molecule has 28 heavy (non-hydrogen) atoms. The van der Waals surface area contributed by atoms with E-state index in [0.29, 0.717) is 17.5 Å². The molecule has 1 atom stereocenters. The van der Waals surface area contributed by atoms with Gasteiger partial charge in [0.05, 0.1) is 28.8 Å². The Morgan fingerprint density at radius 2 is 2.11 bits per heavy atom. The summed E-state index contributed by atoms with van der Waals surface area (Å²) in [5, 5.41) is 12.3. The third kappa shape index (κ3) is 3.45. The van der Waals surface area contributed by atoms with Crippen molar-refractivity contribution in [3.05, 3.63) is 60.7 Å².